The zero-order valence-electron chi connectivity index (χ0n) is 16.1. The van der Waals surface area contributed by atoms with Gasteiger partial charge in [0.15, 0.2) is 17.3 Å². The minimum atomic E-state index is -0.646. The molecule has 1 aliphatic carbocycles. The Hall–Kier alpha value is -3.80. The summed E-state index contributed by atoms with van der Waals surface area (Å²) < 4.78 is 11.0. The summed E-state index contributed by atoms with van der Waals surface area (Å²) in [6.45, 7) is 0. The Morgan fingerprint density at radius 1 is 1.31 bits per heavy atom. The van der Waals surface area contributed by atoms with Gasteiger partial charge in [-0.25, -0.2) is 5.10 Å². The maximum absolute atomic E-state index is 13.1. The second kappa shape index (κ2) is 7.31. The molecule has 0 saturated heterocycles. The van der Waals surface area contributed by atoms with Gasteiger partial charge in [0, 0.05) is 23.3 Å². The highest BCUT2D eigenvalue weighted by Crippen LogP contribution is 2.49. The highest BCUT2D eigenvalue weighted by molar-refractivity contribution is 6.01. The van der Waals surface area contributed by atoms with Crippen LogP contribution in [0, 0.1) is 11.3 Å². The highest BCUT2D eigenvalue weighted by Gasteiger charge is 2.42. The molecule has 3 N–H and O–H groups in total. The number of methoxy groups -OCH3 is 2. The van der Waals surface area contributed by atoms with Gasteiger partial charge >= 0.3 is 0 Å². The number of para-hydroxylation sites is 1. The Balaban J connectivity index is 2.01. The summed E-state index contributed by atoms with van der Waals surface area (Å²) in [7, 11) is 3.07. The number of nitrogens with zero attached hydrogens (tertiary/aromatic N) is 4. The standard InChI is InChI=1S/C20H20N6O3/c1-28-15-8-3-5-11(18(15)29-2)16-12(9-21)19(22)26(20-23-10-24-25-20)13-6-4-7-14(27)17(13)16/h3,5,8,10,16H,4,6-7,22H2,1-2H3,(H,23,24,25)/t16-/m1/s1. The van der Waals surface area contributed by atoms with Crippen LogP contribution in [-0.4, -0.2) is 35.2 Å². The molecule has 2 aromatic rings. The smallest absolute Gasteiger partial charge is 0.231 e. The summed E-state index contributed by atoms with van der Waals surface area (Å²) in [5, 5.41) is 16.7. The van der Waals surface area contributed by atoms with Crippen molar-refractivity contribution in [1.29, 1.82) is 5.26 Å². The molecule has 0 fully saturated rings. The van der Waals surface area contributed by atoms with Gasteiger partial charge in [0.1, 0.15) is 12.1 Å². The first-order valence-electron chi connectivity index (χ1n) is 9.14. The lowest BCUT2D eigenvalue weighted by Crippen LogP contribution is -2.39. The fourth-order valence-corrected chi connectivity index (χ4v) is 4.09. The van der Waals surface area contributed by atoms with Crippen LogP contribution in [0.2, 0.25) is 0 Å². The predicted octanol–water partition coefficient (Wildman–Crippen LogP) is 2.13. The molecule has 0 bridgehead atoms. The number of benzene rings is 1. The summed E-state index contributed by atoms with van der Waals surface area (Å²) in [6.07, 6.45) is 3.09. The summed E-state index contributed by atoms with van der Waals surface area (Å²) >= 11 is 0. The second-order valence-electron chi connectivity index (χ2n) is 6.71. The molecule has 4 rings (SSSR count). The molecule has 29 heavy (non-hydrogen) atoms. The Kier molecular flexibility index (Phi) is 4.68. The van der Waals surface area contributed by atoms with Crippen molar-refractivity contribution in [3.63, 3.8) is 0 Å². The third-order valence-corrected chi connectivity index (χ3v) is 5.27. The van der Waals surface area contributed by atoms with E-state index in [0.717, 1.165) is 5.70 Å². The van der Waals surface area contributed by atoms with Crippen molar-refractivity contribution in [3.8, 4) is 17.6 Å². The number of H-pyrrole nitrogens is 1. The van der Waals surface area contributed by atoms with E-state index in [2.05, 4.69) is 21.3 Å². The number of ketones is 1. The van der Waals surface area contributed by atoms with E-state index in [9.17, 15) is 10.1 Å². The molecule has 1 atom stereocenters. The largest absolute Gasteiger partial charge is 0.493 e. The molecule has 0 unspecified atom stereocenters. The molecule has 0 amide bonds. The Bertz CT molecular complexity index is 1060. The van der Waals surface area contributed by atoms with Crippen molar-refractivity contribution in [1.82, 2.24) is 15.2 Å². The number of rotatable bonds is 4. The lowest BCUT2D eigenvalue weighted by Gasteiger charge is -2.38. The van der Waals surface area contributed by atoms with E-state index in [1.807, 2.05) is 6.07 Å². The zero-order chi connectivity index (χ0) is 20.5. The first-order chi connectivity index (χ1) is 14.1. The topological polar surface area (TPSA) is 130 Å². The molecule has 0 radical (unpaired) electrons. The van der Waals surface area contributed by atoms with Crippen LogP contribution in [0.5, 0.6) is 11.5 Å². The molecule has 2 heterocycles. The number of aromatic amines is 1. The van der Waals surface area contributed by atoms with E-state index >= 15 is 0 Å². The molecule has 9 nitrogen and oxygen atoms in total. The molecule has 1 aromatic heterocycles. The maximum Gasteiger partial charge on any atom is 0.231 e. The van der Waals surface area contributed by atoms with Gasteiger partial charge in [0.25, 0.3) is 0 Å². The van der Waals surface area contributed by atoms with Crippen LogP contribution in [-0.2, 0) is 4.79 Å². The number of nitrogens with one attached hydrogen (secondary N) is 1. The monoisotopic (exact) mass is 392 g/mol. The number of nitrogens with two attached hydrogens (primary N) is 1. The minimum absolute atomic E-state index is 0.0223. The van der Waals surface area contributed by atoms with E-state index in [1.165, 1.54) is 13.4 Å². The summed E-state index contributed by atoms with van der Waals surface area (Å²) in [4.78, 5) is 18.9. The summed E-state index contributed by atoms with van der Waals surface area (Å²) in [5.41, 5.74) is 8.61. The molecule has 2 aliphatic rings. The van der Waals surface area contributed by atoms with Gasteiger partial charge in [-0.3, -0.25) is 9.69 Å². The van der Waals surface area contributed by atoms with Crippen molar-refractivity contribution < 1.29 is 14.3 Å². The first kappa shape index (κ1) is 18.6. The van der Waals surface area contributed by atoms with Crippen LogP contribution in [0.15, 0.2) is 47.2 Å². The summed E-state index contributed by atoms with van der Waals surface area (Å²) in [5.74, 6) is 0.904. The van der Waals surface area contributed by atoms with E-state index < -0.39 is 5.92 Å². The maximum atomic E-state index is 13.1. The van der Waals surface area contributed by atoms with Crippen molar-refractivity contribution in [3.05, 3.63) is 52.8 Å². The Labute approximate surface area is 167 Å². The second-order valence-corrected chi connectivity index (χ2v) is 6.71. The van der Waals surface area contributed by atoms with Gasteiger partial charge < -0.3 is 15.2 Å². The van der Waals surface area contributed by atoms with Gasteiger partial charge in [0.05, 0.1) is 31.8 Å². The fraction of sp³-hybridized carbons (Fsp3) is 0.300. The van der Waals surface area contributed by atoms with Gasteiger partial charge in [-0.2, -0.15) is 15.3 Å². The number of hydrogen-bond donors (Lipinski definition) is 2. The normalized spacial score (nSPS) is 19.1. The number of allylic oxidation sites excluding steroid dienone is 3. The Morgan fingerprint density at radius 3 is 2.79 bits per heavy atom. The zero-order valence-corrected chi connectivity index (χ0v) is 16.1. The third kappa shape index (κ3) is 2.81. The van der Waals surface area contributed by atoms with Crippen molar-refractivity contribution in [2.24, 2.45) is 5.73 Å². The van der Waals surface area contributed by atoms with Crippen LogP contribution in [0.1, 0.15) is 30.7 Å². The molecule has 1 aromatic carbocycles. The molecule has 1 aliphatic heterocycles. The fourth-order valence-electron chi connectivity index (χ4n) is 4.09. The number of Topliss-reactive ketones (excluding diaryl/α,β-unsaturated/α-hetero) is 1. The molecule has 148 valence electrons. The number of hydrogen-bond acceptors (Lipinski definition) is 8. The van der Waals surface area contributed by atoms with Crippen LogP contribution in [0.25, 0.3) is 0 Å². The lowest BCUT2D eigenvalue weighted by molar-refractivity contribution is -0.116. The lowest BCUT2D eigenvalue weighted by atomic mass is 9.75. The molecular formula is C20H20N6O3. The number of carbonyl (C=O) groups excluding carboxylic acids is 1. The van der Waals surface area contributed by atoms with Crippen LogP contribution < -0.4 is 20.1 Å². The molecule has 0 spiro atoms. The third-order valence-electron chi connectivity index (χ3n) is 5.27. The number of nitriles is 1. The number of ether oxygens (including phenoxy) is 2. The predicted molar refractivity (Wildman–Crippen MR) is 104 cm³/mol. The van der Waals surface area contributed by atoms with Gasteiger partial charge in [0.2, 0.25) is 5.95 Å². The number of carbonyl (C=O) groups is 1. The van der Waals surface area contributed by atoms with Gasteiger partial charge in [-0.1, -0.05) is 12.1 Å². The van der Waals surface area contributed by atoms with E-state index in [0.29, 0.717) is 47.8 Å². The highest BCUT2D eigenvalue weighted by atomic mass is 16.5. The number of anilines is 1. The van der Waals surface area contributed by atoms with Gasteiger partial charge in [-0.15, -0.1) is 0 Å². The van der Waals surface area contributed by atoms with Crippen molar-refractivity contribution in [2.75, 3.05) is 19.1 Å². The van der Waals surface area contributed by atoms with Crippen molar-refractivity contribution in [2.45, 2.75) is 25.2 Å². The van der Waals surface area contributed by atoms with Crippen LogP contribution in [0.4, 0.5) is 5.95 Å². The van der Waals surface area contributed by atoms with Crippen LogP contribution in [0.3, 0.4) is 0 Å². The first-order valence-corrected chi connectivity index (χ1v) is 9.14. The minimum Gasteiger partial charge on any atom is -0.493 e. The number of aromatic nitrogens is 3. The van der Waals surface area contributed by atoms with E-state index in [4.69, 9.17) is 15.2 Å². The Morgan fingerprint density at radius 2 is 2.14 bits per heavy atom. The average Bonchev–Trinajstić information content (AvgIpc) is 3.26. The van der Waals surface area contributed by atoms with Gasteiger partial charge in [-0.05, 0) is 18.9 Å². The quantitative estimate of drug-likeness (QED) is 0.809. The summed E-state index contributed by atoms with van der Waals surface area (Å²) in [6, 6.07) is 7.60. The molecule has 9 heteroatoms. The SMILES string of the molecule is COc1cccc([C@@H]2C(C#N)=C(N)N(c3ncn[nH]3)C3=C2C(=O)CCC3)c1OC. The van der Waals surface area contributed by atoms with Crippen LogP contribution >= 0.6 is 0 Å². The van der Waals surface area contributed by atoms with Crippen molar-refractivity contribution >= 4 is 11.7 Å². The van der Waals surface area contributed by atoms with E-state index in [-0.39, 0.29) is 17.2 Å². The van der Waals surface area contributed by atoms with E-state index in [1.54, 1.807) is 24.1 Å². The average molecular weight is 392 g/mol. The molecular weight excluding hydrogens is 372 g/mol. The molecule has 0 saturated carbocycles.